The summed E-state index contributed by atoms with van der Waals surface area (Å²) in [5.74, 6) is 0.895. The highest BCUT2D eigenvalue weighted by molar-refractivity contribution is 6.31. The molecule has 3 atom stereocenters. The van der Waals surface area contributed by atoms with E-state index in [0.29, 0.717) is 16.9 Å². The minimum atomic E-state index is 0.451. The van der Waals surface area contributed by atoms with Crippen LogP contribution in [-0.2, 0) is 6.54 Å². The molecule has 0 heterocycles. The van der Waals surface area contributed by atoms with Crippen molar-refractivity contribution >= 4 is 11.6 Å². The lowest BCUT2D eigenvalue weighted by Gasteiger charge is -2.39. The van der Waals surface area contributed by atoms with Crippen LogP contribution in [0.5, 0.6) is 0 Å². The first kappa shape index (κ1) is 14.4. The highest BCUT2D eigenvalue weighted by Crippen LogP contribution is 2.65. The van der Waals surface area contributed by atoms with Gasteiger partial charge in [-0.25, -0.2) is 0 Å². The van der Waals surface area contributed by atoms with E-state index in [9.17, 15) is 0 Å². The van der Waals surface area contributed by atoms with Crippen LogP contribution in [0.25, 0.3) is 0 Å². The van der Waals surface area contributed by atoms with Gasteiger partial charge in [0.2, 0.25) is 0 Å². The van der Waals surface area contributed by atoms with Crippen LogP contribution >= 0.6 is 11.6 Å². The number of rotatable bonds is 3. The summed E-state index contributed by atoms with van der Waals surface area (Å²) in [4.78, 5) is 0. The Bertz CT molecular complexity index is 522. The molecule has 1 nitrogen and oxygen atoms in total. The first-order valence-corrected chi connectivity index (χ1v) is 8.21. The average molecular weight is 292 g/mol. The maximum absolute atomic E-state index is 6.22. The van der Waals surface area contributed by atoms with Crippen molar-refractivity contribution in [3.63, 3.8) is 0 Å². The Kier molecular flexibility index (Phi) is 3.42. The van der Waals surface area contributed by atoms with Gasteiger partial charge >= 0.3 is 0 Å². The second-order valence-corrected chi connectivity index (χ2v) is 8.03. The lowest BCUT2D eigenvalue weighted by atomic mass is 9.69. The van der Waals surface area contributed by atoms with Gasteiger partial charge in [-0.2, -0.15) is 0 Å². The Labute approximate surface area is 128 Å². The zero-order chi connectivity index (χ0) is 14.5. The van der Waals surface area contributed by atoms with Crippen molar-refractivity contribution < 1.29 is 0 Å². The summed E-state index contributed by atoms with van der Waals surface area (Å²) in [6, 6.07) is 7.06. The van der Waals surface area contributed by atoms with E-state index in [1.807, 2.05) is 0 Å². The minimum absolute atomic E-state index is 0.451. The Morgan fingerprint density at radius 2 is 2.05 bits per heavy atom. The molecule has 0 radical (unpaired) electrons. The lowest BCUT2D eigenvalue weighted by molar-refractivity contribution is 0.120. The standard InChI is InChI=1S/C18H26ClN/c1-12-5-6-13(9-15(12)19)11-20-16-10-14-7-8-18(16,4)17(14,2)3/h5-6,9,14,16,20H,7-8,10-11H2,1-4H3. The molecular weight excluding hydrogens is 266 g/mol. The van der Waals surface area contributed by atoms with Gasteiger partial charge in [0.05, 0.1) is 0 Å². The molecule has 0 saturated heterocycles. The fourth-order valence-corrected chi connectivity index (χ4v) is 4.70. The highest BCUT2D eigenvalue weighted by Gasteiger charge is 2.60. The zero-order valence-corrected chi connectivity index (χ0v) is 13.8. The zero-order valence-electron chi connectivity index (χ0n) is 13.1. The second-order valence-electron chi connectivity index (χ2n) is 7.63. The minimum Gasteiger partial charge on any atom is -0.309 e. The molecule has 3 unspecified atom stereocenters. The molecule has 3 rings (SSSR count). The maximum atomic E-state index is 6.22. The molecule has 0 amide bonds. The molecule has 2 aliphatic rings. The molecule has 2 heteroatoms. The van der Waals surface area contributed by atoms with Crippen molar-refractivity contribution in [2.24, 2.45) is 16.7 Å². The van der Waals surface area contributed by atoms with E-state index in [0.717, 1.165) is 23.0 Å². The number of nitrogens with one attached hydrogen (secondary N) is 1. The van der Waals surface area contributed by atoms with E-state index in [-0.39, 0.29) is 0 Å². The summed E-state index contributed by atoms with van der Waals surface area (Å²) in [7, 11) is 0. The van der Waals surface area contributed by atoms with E-state index >= 15 is 0 Å². The molecule has 110 valence electrons. The molecule has 1 N–H and O–H groups in total. The summed E-state index contributed by atoms with van der Waals surface area (Å²) in [6.45, 7) is 10.4. The Morgan fingerprint density at radius 3 is 2.60 bits per heavy atom. The largest absolute Gasteiger partial charge is 0.309 e. The van der Waals surface area contributed by atoms with Crippen LogP contribution in [0.1, 0.15) is 51.2 Å². The number of halogens is 1. The lowest BCUT2D eigenvalue weighted by Crippen LogP contribution is -2.44. The first-order chi connectivity index (χ1) is 9.34. The Hall–Kier alpha value is -0.530. The summed E-state index contributed by atoms with van der Waals surface area (Å²) in [6.07, 6.45) is 4.12. The number of benzene rings is 1. The van der Waals surface area contributed by atoms with Gasteiger partial charge in [0.15, 0.2) is 0 Å². The summed E-state index contributed by atoms with van der Waals surface area (Å²) in [5, 5.41) is 4.69. The molecule has 2 aliphatic carbocycles. The number of hydrogen-bond acceptors (Lipinski definition) is 1. The third-order valence-corrected chi connectivity index (χ3v) is 6.99. The molecule has 0 aliphatic heterocycles. The van der Waals surface area contributed by atoms with Crippen LogP contribution in [0.3, 0.4) is 0 Å². The predicted octanol–water partition coefficient (Wildman–Crippen LogP) is 4.95. The van der Waals surface area contributed by atoms with Crippen LogP contribution in [0, 0.1) is 23.7 Å². The summed E-state index contributed by atoms with van der Waals surface area (Å²) >= 11 is 6.22. The average Bonchev–Trinajstić information content (AvgIpc) is 2.73. The van der Waals surface area contributed by atoms with Crippen molar-refractivity contribution in [1.29, 1.82) is 0 Å². The first-order valence-electron chi connectivity index (χ1n) is 7.83. The van der Waals surface area contributed by atoms with Crippen molar-refractivity contribution in [2.45, 2.75) is 59.5 Å². The van der Waals surface area contributed by atoms with Crippen LogP contribution in [0.2, 0.25) is 5.02 Å². The van der Waals surface area contributed by atoms with Gasteiger partial charge in [0, 0.05) is 17.6 Å². The molecular formula is C18H26ClN. The normalized spacial score (nSPS) is 34.6. The molecule has 2 saturated carbocycles. The molecule has 0 spiro atoms. The summed E-state index contributed by atoms with van der Waals surface area (Å²) in [5.41, 5.74) is 3.38. The molecule has 0 aromatic heterocycles. The van der Waals surface area contributed by atoms with Gasteiger partial charge < -0.3 is 5.32 Å². The SMILES string of the molecule is Cc1ccc(CNC2CC3CCC2(C)C3(C)C)cc1Cl. The fraction of sp³-hybridized carbons (Fsp3) is 0.667. The van der Waals surface area contributed by atoms with Crippen molar-refractivity contribution in [3.05, 3.63) is 34.3 Å². The molecule has 20 heavy (non-hydrogen) atoms. The second kappa shape index (κ2) is 4.74. The third-order valence-electron chi connectivity index (χ3n) is 6.58. The molecule has 1 aromatic rings. The molecule has 2 fully saturated rings. The van der Waals surface area contributed by atoms with Gasteiger partial charge in [0.25, 0.3) is 0 Å². The number of hydrogen-bond donors (Lipinski definition) is 1. The van der Waals surface area contributed by atoms with Crippen LogP contribution in [0.15, 0.2) is 18.2 Å². The van der Waals surface area contributed by atoms with Crippen LogP contribution in [-0.4, -0.2) is 6.04 Å². The van der Waals surface area contributed by atoms with Gasteiger partial charge in [-0.1, -0.05) is 44.5 Å². The van der Waals surface area contributed by atoms with Crippen LogP contribution < -0.4 is 5.32 Å². The van der Waals surface area contributed by atoms with Crippen LogP contribution in [0.4, 0.5) is 0 Å². The quantitative estimate of drug-likeness (QED) is 0.830. The van der Waals surface area contributed by atoms with Gasteiger partial charge in [0.1, 0.15) is 0 Å². The monoisotopic (exact) mass is 291 g/mol. The number of aryl methyl sites for hydroxylation is 1. The maximum Gasteiger partial charge on any atom is 0.0438 e. The highest BCUT2D eigenvalue weighted by atomic mass is 35.5. The topological polar surface area (TPSA) is 12.0 Å². The van der Waals surface area contributed by atoms with E-state index in [1.54, 1.807) is 0 Å². The smallest absolute Gasteiger partial charge is 0.0438 e. The molecule has 1 aromatic carbocycles. The fourth-order valence-electron chi connectivity index (χ4n) is 4.50. The van der Waals surface area contributed by atoms with E-state index in [4.69, 9.17) is 11.6 Å². The van der Waals surface area contributed by atoms with E-state index < -0.39 is 0 Å². The Balaban J connectivity index is 1.69. The van der Waals surface area contributed by atoms with Crippen molar-refractivity contribution in [1.82, 2.24) is 5.32 Å². The molecule has 2 bridgehead atoms. The number of fused-ring (bicyclic) bond motifs is 2. The van der Waals surface area contributed by atoms with Crippen molar-refractivity contribution in [3.8, 4) is 0 Å². The van der Waals surface area contributed by atoms with Gasteiger partial charge in [-0.3, -0.25) is 0 Å². The third kappa shape index (κ3) is 2.02. The van der Waals surface area contributed by atoms with E-state index in [2.05, 4.69) is 51.2 Å². The Morgan fingerprint density at radius 1 is 1.30 bits per heavy atom. The van der Waals surface area contributed by atoms with Crippen molar-refractivity contribution in [2.75, 3.05) is 0 Å². The van der Waals surface area contributed by atoms with E-state index in [1.165, 1.54) is 24.8 Å². The van der Waals surface area contributed by atoms with Gasteiger partial charge in [-0.05, 0) is 60.1 Å². The summed E-state index contributed by atoms with van der Waals surface area (Å²) < 4.78 is 0. The van der Waals surface area contributed by atoms with Gasteiger partial charge in [-0.15, -0.1) is 0 Å². The predicted molar refractivity (Wildman–Crippen MR) is 86.0 cm³/mol.